The summed E-state index contributed by atoms with van der Waals surface area (Å²) in [6.07, 6.45) is 0. The molecule has 58 heavy (non-hydrogen) atoms. The van der Waals surface area contributed by atoms with Gasteiger partial charge in [0.15, 0.2) is 5.82 Å². The molecule has 0 unspecified atom stereocenters. The summed E-state index contributed by atoms with van der Waals surface area (Å²) in [6, 6.07) is 73.3. The van der Waals surface area contributed by atoms with E-state index in [2.05, 4.69) is 158 Å². The molecule has 1 aromatic heterocycles. The Kier molecular flexibility index (Phi) is 8.03. The van der Waals surface area contributed by atoms with Crippen molar-refractivity contribution in [3.05, 3.63) is 228 Å². The van der Waals surface area contributed by atoms with Crippen molar-refractivity contribution in [2.75, 3.05) is 0 Å². The van der Waals surface area contributed by atoms with Gasteiger partial charge in [0.1, 0.15) is 0 Å². The van der Waals surface area contributed by atoms with Crippen molar-refractivity contribution in [1.29, 1.82) is 5.26 Å². The van der Waals surface area contributed by atoms with Crippen LogP contribution in [0, 0.1) is 11.3 Å². The summed E-state index contributed by atoms with van der Waals surface area (Å²) in [5.74, 6) is 0.699. The Morgan fingerprint density at radius 2 is 0.828 bits per heavy atom. The normalized spacial score (nSPS) is 12.9. The second-order valence-corrected chi connectivity index (χ2v) is 15.8. The minimum atomic E-state index is -0.524. The van der Waals surface area contributed by atoms with Crippen LogP contribution >= 0.6 is 11.8 Å². The lowest BCUT2D eigenvalue weighted by molar-refractivity contribution is 0.722. The van der Waals surface area contributed by atoms with E-state index in [4.69, 9.17) is 9.97 Å². The summed E-state index contributed by atoms with van der Waals surface area (Å²) in [4.78, 5) is 12.7. The molecule has 0 atom stereocenters. The molecule has 11 rings (SSSR count). The fraction of sp³-hybridized carbons (Fsp3) is 0.0185. The number of benzene rings is 8. The molecule has 0 saturated carbocycles. The number of fused-ring (bicyclic) bond motifs is 9. The maximum absolute atomic E-state index is 9.66. The smallest absolute Gasteiger partial charge is 0.160 e. The number of hydrogen-bond donors (Lipinski definition) is 0. The summed E-state index contributed by atoms with van der Waals surface area (Å²) in [7, 11) is 0. The minimum Gasteiger partial charge on any atom is -0.228 e. The summed E-state index contributed by atoms with van der Waals surface area (Å²) in [5.41, 5.74) is 17.1. The van der Waals surface area contributed by atoms with Gasteiger partial charge < -0.3 is 0 Å². The van der Waals surface area contributed by atoms with Crippen LogP contribution in [0.1, 0.15) is 27.8 Å². The molecular weight excluding hydrogens is 723 g/mol. The zero-order valence-electron chi connectivity index (χ0n) is 31.3. The third-order valence-corrected chi connectivity index (χ3v) is 12.8. The third kappa shape index (κ3) is 5.29. The van der Waals surface area contributed by atoms with Crippen molar-refractivity contribution in [3.63, 3.8) is 0 Å². The molecule has 2 aliphatic rings. The van der Waals surface area contributed by atoms with Gasteiger partial charge in [0.05, 0.1) is 28.4 Å². The van der Waals surface area contributed by atoms with E-state index >= 15 is 0 Å². The average Bonchev–Trinajstić information content (AvgIpc) is 3.60. The van der Waals surface area contributed by atoms with Crippen molar-refractivity contribution in [1.82, 2.24) is 9.97 Å². The number of hydrogen-bond acceptors (Lipinski definition) is 4. The lowest BCUT2D eigenvalue weighted by Gasteiger charge is -2.39. The topological polar surface area (TPSA) is 49.6 Å². The fourth-order valence-electron chi connectivity index (χ4n) is 9.08. The van der Waals surface area contributed by atoms with Gasteiger partial charge in [-0.3, -0.25) is 0 Å². The Bertz CT molecular complexity index is 2970. The van der Waals surface area contributed by atoms with Crippen LogP contribution in [0.5, 0.6) is 0 Å². The van der Waals surface area contributed by atoms with Crippen LogP contribution in [-0.4, -0.2) is 9.97 Å². The average molecular weight is 756 g/mol. The molecule has 8 aromatic carbocycles. The third-order valence-electron chi connectivity index (χ3n) is 11.6. The largest absolute Gasteiger partial charge is 0.228 e. The summed E-state index contributed by atoms with van der Waals surface area (Å²) in [5, 5.41) is 9.66. The summed E-state index contributed by atoms with van der Waals surface area (Å²) >= 11 is 1.86. The number of rotatable bonds is 5. The van der Waals surface area contributed by atoms with Gasteiger partial charge in [-0.2, -0.15) is 5.26 Å². The van der Waals surface area contributed by atoms with E-state index in [0.29, 0.717) is 11.4 Å². The van der Waals surface area contributed by atoms with Crippen molar-refractivity contribution in [3.8, 4) is 73.4 Å². The number of nitriles is 1. The first kappa shape index (κ1) is 34.0. The molecule has 0 radical (unpaired) electrons. The fourth-order valence-corrected chi connectivity index (χ4v) is 10.3. The Morgan fingerprint density at radius 1 is 0.397 bits per heavy atom. The van der Waals surface area contributed by atoms with E-state index in [0.717, 1.165) is 44.8 Å². The first-order valence-electron chi connectivity index (χ1n) is 19.5. The summed E-state index contributed by atoms with van der Waals surface area (Å²) in [6.45, 7) is 0. The van der Waals surface area contributed by atoms with Gasteiger partial charge in [-0.25, -0.2) is 9.97 Å². The first-order chi connectivity index (χ1) is 28.7. The van der Waals surface area contributed by atoms with Gasteiger partial charge in [0, 0.05) is 26.5 Å². The second kappa shape index (κ2) is 13.7. The number of nitrogens with zero attached hydrogens (tertiary/aromatic N) is 3. The molecule has 4 heteroatoms. The predicted octanol–water partition coefficient (Wildman–Crippen LogP) is 13.5. The van der Waals surface area contributed by atoms with Crippen LogP contribution in [0.2, 0.25) is 0 Å². The molecule has 0 N–H and O–H groups in total. The molecule has 2 heterocycles. The maximum atomic E-state index is 9.66. The van der Waals surface area contributed by atoms with Gasteiger partial charge in [-0.1, -0.05) is 182 Å². The van der Waals surface area contributed by atoms with E-state index in [1.54, 1.807) is 0 Å². The first-order valence-corrected chi connectivity index (χ1v) is 20.3. The highest BCUT2D eigenvalue weighted by molar-refractivity contribution is 7.99. The van der Waals surface area contributed by atoms with E-state index in [1.165, 1.54) is 48.7 Å². The van der Waals surface area contributed by atoms with Crippen LogP contribution < -0.4 is 0 Å². The molecule has 1 spiro atoms. The van der Waals surface area contributed by atoms with Crippen LogP contribution in [0.15, 0.2) is 210 Å². The van der Waals surface area contributed by atoms with Gasteiger partial charge >= 0.3 is 0 Å². The van der Waals surface area contributed by atoms with Gasteiger partial charge in [-0.05, 0) is 86.0 Å². The molecule has 1 aliphatic heterocycles. The highest BCUT2D eigenvalue weighted by Crippen LogP contribution is 2.64. The van der Waals surface area contributed by atoms with Crippen molar-refractivity contribution < 1.29 is 0 Å². The Hall–Kier alpha value is -7.32. The zero-order chi connectivity index (χ0) is 38.6. The van der Waals surface area contributed by atoms with E-state index in [9.17, 15) is 5.26 Å². The highest BCUT2D eigenvalue weighted by Gasteiger charge is 2.51. The SMILES string of the molecule is N#Cc1ccc(-c2cccc3c2-c2c(-c4ccc(-c5cc(-c6ccccc6)nc(-c6ccccc6)n5)cc4)cccc2C32c3ccccc3Sc3ccccc32)cc1. The molecule has 0 bridgehead atoms. The lowest BCUT2D eigenvalue weighted by Crippen LogP contribution is -2.31. The highest BCUT2D eigenvalue weighted by atomic mass is 32.2. The molecule has 0 amide bonds. The van der Waals surface area contributed by atoms with Crippen molar-refractivity contribution >= 4 is 11.8 Å². The molecular formula is C54H33N3S. The Labute approximate surface area is 342 Å². The monoisotopic (exact) mass is 755 g/mol. The molecule has 9 aromatic rings. The zero-order valence-corrected chi connectivity index (χ0v) is 32.1. The molecule has 3 nitrogen and oxygen atoms in total. The van der Waals surface area contributed by atoms with E-state index in [-0.39, 0.29) is 0 Å². The van der Waals surface area contributed by atoms with Gasteiger partial charge in [-0.15, -0.1) is 0 Å². The van der Waals surface area contributed by atoms with Gasteiger partial charge in [0.2, 0.25) is 0 Å². The van der Waals surface area contributed by atoms with Crippen LogP contribution in [0.4, 0.5) is 0 Å². The second-order valence-electron chi connectivity index (χ2n) is 14.8. The molecule has 270 valence electrons. The van der Waals surface area contributed by atoms with Crippen molar-refractivity contribution in [2.45, 2.75) is 15.2 Å². The minimum absolute atomic E-state index is 0.524. The van der Waals surface area contributed by atoms with E-state index < -0.39 is 5.41 Å². The van der Waals surface area contributed by atoms with Crippen molar-refractivity contribution in [2.24, 2.45) is 0 Å². The van der Waals surface area contributed by atoms with Crippen LogP contribution in [-0.2, 0) is 5.41 Å². The van der Waals surface area contributed by atoms with Gasteiger partial charge in [0.25, 0.3) is 0 Å². The molecule has 0 saturated heterocycles. The van der Waals surface area contributed by atoms with Crippen LogP contribution in [0.3, 0.4) is 0 Å². The Morgan fingerprint density at radius 3 is 1.36 bits per heavy atom. The maximum Gasteiger partial charge on any atom is 0.160 e. The lowest BCUT2D eigenvalue weighted by atomic mass is 9.67. The predicted molar refractivity (Wildman–Crippen MR) is 235 cm³/mol. The number of aromatic nitrogens is 2. The molecule has 0 fully saturated rings. The quantitative estimate of drug-likeness (QED) is 0.175. The Balaban J connectivity index is 1.13. The molecule has 1 aliphatic carbocycles. The van der Waals surface area contributed by atoms with Crippen LogP contribution in [0.25, 0.3) is 67.3 Å². The van der Waals surface area contributed by atoms with E-state index in [1.807, 2.05) is 60.3 Å². The summed E-state index contributed by atoms with van der Waals surface area (Å²) < 4.78 is 0. The standard InChI is InChI=1S/C54H33N3S/c55-34-35-25-27-36(28-26-35)41-17-11-21-45-51(41)52-42(18-12-22-46(52)54(45)43-19-7-9-23-49(43)58-50-24-10-8-20-44(50)54)37-29-31-39(32-30-37)48-33-47(38-13-3-1-4-14-38)56-53(57-48)40-15-5-2-6-16-40/h1-33H.